The number of hydrogen-bond donors (Lipinski definition) is 2. The number of halogens is 1. The van der Waals surface area contributed by atoms with Crippen LogP contribution in [0.1, 0.15) is 44.2 Å². The van der Waals surface area contributed by atoms with Crippen molar-refractivity contribution in [2.45, 2.75) is 51.6 Å². The first-order valence-corrected chi connectivity index (χ1v) is 11.4. The lowest BCUT2D eigenvalue weighted by molar-refractivity contribution is -0.119. The van der Waals surface area contributed by atoms with Crippen LogP contribution in [-0.4, -0.2) is 39.6 Å². The van der Waals surface area contributed by atoms with Crippen molar-refractivity contribution in [3.8, 4) is 0 Å². The summed E-state index contributed by atoms with van der Waals surface area (Å²) in [4.78, 5) is 35.0. The number of nitrogens with one attached hydrogen (secondary N) is 2. The lowest BCUT2D eigenvalue weighted by atomic mass is 10.0. The Balaban J connectivity index is 1.33. The topological polar surface area (TPSA) is 92.2 Å². The van der Waals surface area contributed by atoms with Gasteiger partial charge in [0.05, 0.1) is 0 Å². The number of nitrogens with zero attached hydrogens (tertiary/aromatic N) is 4. The minimum atomic E-state index is -0.726. The van der Waals surface area contributed by atoms with Crippen molar-refractivity contribution >= 4 is 34.3 Å². The van der Waals surface area contributed by atoms with E-state index in [1.807, 2.05) is 24.3 Å². The highest BCUT2D eigenvalue weighted by molar-refractivity contribution is 5.80. The average molecular weight is 451 g/mol. The molecule has 0 spiro atoms. The molecule has 0 radical (unpaired) electrons. The normalized spacial score (nSPS) is 16.8. The first-order valence-electron chi connectivity index (χ1n) is 11.4. The largest absolute Gasteiger partial charge is 0.371 e. The number of fused-ring (bicyclic) bond motifs is 1. The highest BCUT2D eigenvalue weighted by Crippen LogP contribution is 2.36. The van der Waals surface area contributed by atoms with Crippen LogP contribution in [0.5, 0.6) is 0 Å². The van der Waals surface area contributed by atoms with E-state index < -0.39 is 11.4 Å². The zero-order valence-electron chi connectivity index (χ0n) is 18.8. The highest BCUT2D eigenvalue weighted by atomic mass is 19.1. The fourth-order valence-corrected chi connectivity index (χ4v) is 4.49. The summed E-state index contributed by atoms with van der Waals surface area (Å²) in [7, 11) is 0. The second-order valence-electron chi connectivity index (χ2n) is 8.91. The predicted molar refractivity (Wildman–Crippen MR) is 126 cm³/mol. The van der Waals surface area contributed by atoms with Gasteiger partial charge in [-0.1, -0.05) is 0 Å². The second-order valence-corrected chi connectivity index (χ2v) is 8.91. The summed E-state index contributed by atoms with van der Waals surface area (Å²) in [6.45, 7) is 4.92. The van der Waals surface area contributed by atoms with Gasteiger partial charge in [0, 0.05) is 60.6 Å². The predicted octanol–water partition coefficient (Wildman–Crippen LogP) is 3.42. The summed E-state index contributed by atoms with van der Waals surface area (Å²) in [5, 5.41) is 6.75. The number of hydrogen-bond acceptors (Lipinski definition) is 6. The Bertz CT molecular complexity index is 1260. The molecule has 3 heterocycles. The molecule has 5 rings (SSSR count). The van der Waals surface area contributed by atoms with Gasteiger partial charge in [0.15, 0.2) is 5.82 Å². The fraction of sp³-hybridized carbons (Fsp3) is 0.417. The molecule has 2 aliphatic rings. The third kappa shape index (κ3) is 4.27. The number of benzene rings is 1. The van der Waals surface area contributed by atoms with Gasteiger partial charge < -0.3 is 15.5 Å². The van der Waals surface area contributed by atoms with Crippen LogP contribution in [0.2, 0.25) is 0 Å². The summed E-state index contributed by atoms with van der Waals surface area (Å²) in [6.07, 6.45) is 5.14. The quantitative estimate of drug-likeness (QED) is 0.619. The molecule has 0 bridgehead atoms. The Hall–Kier alpha value is -3.49. The molecule has 0 unspecified atom stereocenters. The van der Waals surface area contributed by atoms with Crippen LogP contribution >= 0.6 is 0 Å². The van der Waals surface area contributed by atoms with E-state index in [1.54, 1.807) is 20.0 Å². The van der Waals surface area contributed by atoms with Gasteiger partial charge in [-0.25, -0.2) is 9.37 Å². The molecule has 1 saturated heterocycles. The number of amides is 1. The zero-order valence-corrected chi connectivity index (χ0v) is 18.8. The Kier molecular flexibility index (Phi) is 5.47. The van der Waals surface area contributed by atoms with E-state index in [4.69, 9.17) is 0 Å². The maximum absolute atomic E-state index is 14.4. The number of aryl methyl sites for hydroxylation is 1. The van der Waals surface area contributed by atoms with Crippen molar-refractivity contribution in [3.63, 3.8) is 0 Å². The zero-order chi connectivity index (χ0) is 23.1. The molecule has 8 nitrogen and oxygen atoms in total. The molecule has 1 aliphatic carbocycles. The molecule has 172 valence electrons. The molecule has 2 fully saturated rings. The van der Waals surface area contributed by atoms with Crippen molar-refractivity contribution in [2.75, 3.05) is 23.3 Å². The summed E-state index contributed by atoms with van der Waals surface area (Å²) in [6, 6.07) is 8.27. The lowest BCUT2D eigenvalue weighted by Crippen LogP contribution is -2.44. The summed E-state index contributed by atoms with van der Waals surface area (Å²) < 4.78 is 15.9. The molecule has 9 heteroatoms. The highest BCUT2D eigenvalue weighted by Gasteiger charge is 2.29. The molecular formula is C24H27FN6O2. The third-order valence-electron chi connectivity index (χ3n) is 6.44. The van der Waals surface area contributed by atoms with Crippen molar-refractivity contribution in [2.24, 2.45) is 0 Å². The Labute approximate surface area is 190 Å². The molecule has 1 aromatic carbocycles. The maximum atomic E-state index is 14.4. The van der Waals surface area contributed by atoms with E-state index in [0.29, 0.717) is 17.0 Å². The number of aromatic nitrogens is 3. The van der Waals surface area contributed by atoms with Gasteiger partial charge in [-0.2, -0.15) is 4.98 Å². The number of piperidine rings is 1. The molecule has 1 aliphatic heterocycles. The van der Waals surface area contributed by atoms with Crippen molar-refractivity contribution in [3.05, 3.63) is 52.2 Å². The van der Waals surface area contributed by atoms with E-state index in [2.05, 4.69) is 25.5 Å². The molecular weight excluding hydrogens is 423 g/mol. The second kappa shape index (κ2) is 8.46. The number of pyridine rings is 1. The van der Waals surface area contributed by atoms with Crippen LogP contribution in [0, 0.1) is 12.7 Å². The first-order chi connectivity index (χ1) is 15.9. The van der Waals surface area contributed by atoms with Crippen molar-refractivity contribution < 1.29 is 9.18 Å². The first kappa shape index (κ1) is 21.4. The maximum Gasteiger partial charge on any atom is 0.288 e. The van der Waals surface area contributed by atoms with Gasteiger partial charge in [-0.05, 0) is 56.9 Å². The van der Waals surface area contributed by atoms with Gasteiger partial charge >= 0.3 is 0 Å². The fourth-order valence-electron chi connectivity index (χ4n) is 4.49. The SMILES string of the molecule is CC(=O)NC1CCN(c2ccc(Nc3ncc4c(C)c(F)c(=O)n(C5CC5)c4n3)cc2)CC1. The molecule has 3 aromatic rings. The van der Waals surface area contributed by atoms with Gasteiger partial charge in [0.1, 0.15) is 5.65 Å². The molecule has 2 N–H and O–H groups in total. The Morgan fingerprint density at radius 3 is 2.45 bits per heavy atom. The lowest BCUT2D eigenvalue weighted by Gasteiger charge is -2.33. The van der Waals surface area contributed by atoms with Crippen LogP contribution < -0.4 is 21.1 Å². The summed E-state index contributed by atoms with van der Waals surface area (Å²) in [5.74, 6) is -0.337. The minimum absolute atomic E-state index is 0.00641. The van der Waals surface area contributed by atoms with Gasteiger partial charge in [0.25, 0.3) is 5.56 Å². The van der Waals surface area contributed by atoms with Crippen LogP contribution in [0.15, 0.2) is 35.3 Å². The van der Waals surface area contributed by atoms with Gasteiger partial charge in [-0.15, -0.1) is 0 Å². The molecule has 1 saturated carbocycles. The number of rotatable bonds is 5. The van der Waals surface area contributed by atoms with Gasteiger partial charge in [0.2, 0.25) is 11.9 Å². The Morgan fingerprint density at radius 2 is 1.82 bits per heavy atom. The van der Waals surface area contributed by atoms with E-state index in [1.165, 1.54) is 4.57 Å². The number of carbonyl (C=O) groups is 1. The van der Waals surface area contributed by atoms with Gasteiger partial charge in [-0.3, -0.25) is 14.2 Å². The van der Waals surface area contributed by atoms with Crippen LogP contribution in [0.3, 0.4) is 0 Å². The molecule has 2 aromatic heterocycles. The number of anilines is 3. The van der Waals surface area contributed by atoms with Crippen LogP contribution in [0.25, 0.3) is 11.0 Å². The summed E-state index contributed by atoms with van der Waals surface area (Å²) >= 11 is 0. The van der Waals surface area contributed by atoms with Crippen molar-refractivity contribution in [1.29, 1.82) is 0 Å². The molecule has 1 amide bonds. The molecule has 33 heavy (non-hydrogen) atoms. The standard InChI is InChI=1S/C24H27FN6O2/c1-14-20-13-26-24(29-22(20)31(19-7-8-19)23(33)21(14)25)28-16-3-5-18(6-4-16)30-11-9-17(10-12-30)27-15(2)32/h3-6,13,17,19H,7-12H2,1-2H3,(H,27,32)(H,26,28,29). The van der Waals surface area contributed by atoms with E-state index in [0.717, 1.165) is 50.1 Å². The monoisotopic (exact) mass is 450 g/mol. The minimum Gasteiger partial charge on any atom is -0.371 e. The third-order valence-corrected chi connectivity index (χ3v) is 6.44. The summed E-state index contributed by atoms with van der Waals surface area (Å²) in [5.41, 5.74) is 2.08. The van der Waals surface area contributed by atoms with E-state index in [-0.39, 0.29) is 23.6 Å². The average Bonchev–Trinajstić information content (AvgIpc) is 3.64. The number of carbonyl (C=O) groups excluding carboxylic acids is 1. The molecule has 0 atom stereocenters. The van der Waals surface area contributed by atoms with E-state index in [9.17, 15) is 14.0 Å². The van der Waals surface area contributed by atoms with Crippen molar-refractivity contribution in [1.82, 2.24) is 19.9 Å². The van der Waals surface area contributed by atoms with Crippen LogP contribution in [-0.2, 0) is 4.79 Å². The van der Waals surface area contributed by atoms with Crippen LogP contribution in [0.4, 0.5) is 21.7 Å². The van der Waals surface area contributed by atoms with E-state index >= 15 is 0 Å². The smallest absolute Gasteiger partial charge is 0.288 e. The Morgan fingerprint density at radius 1 is 1.12 bits per heavy atom.